The van der Waals surface area contributed by atoms with Crippen LogP contribution >= 0.6 is 11.3 Å². The largest absolute Gasteiger partial charge is 0.405 e. The van der Waals surface area contributed by atoms with Crippen LogP contribution in [0.4, 0.5) is 13.2 Å². The second kappa shape index (κ2) is 5.34. The number of nitrogens with zero attached hydrogens (tertiary/aromatic N) is 4. The van der Waals surface area contributed by atoms with Crippen molar-refractivity contribution in [3.05, 3.63) is 17.5 Å². The fourth-order valence-electron chi connectivity index (χ4n) is 1.20. The number of carbonyl (C=O) groups excluding carboxylic acids is 1. The first-order chi connectivity index (χ1) is 8.94. The van der Waals surface area contributed by atoms with Gasteiger partial charge in [-0.3, -0.25) is 4.79 Å². The Balaban J connectivity index is 1.91. The van der Waals surface area contributed by atoms with Crippen molar-refractivity contribution in [1.29, 1.82) is 0 Å². The monoisotopic (exact) mass is 291 g/mol. The number of hydrogen-bond acceptors (Lipinski definition) is 5. The average molecular weight is 291 g/mol. The highest BCUT2D eigenvalue weighted by atomic mass is 32.1. The zero-order valence-corrected chi connectivity index (χ0v) is 10.2. The third-order valence-electron chi connectivity index (χ3n) is 1.97. The summed E-state index contributed by atoms with van der Waals surface area (Å²) in [6, 6.07) is 3.58. The van der Waals surface area contributed by atoms with E-state index in [1.165, 1.54) is 11.3 Å². The Bertz CT molecular complexity index is 550. The molecule has 0 fully saturated rings. The summed E-state index contributed by atoms with van der Waals surface area (Å²) in [7, 11) is 0. The van der Waals surface area contributed by atoms with Crippen molar-refractivity contribution in [2.75, 3.05) is 6.54 Å². The molecule has 0 radical (unpaired) electrons. The molecule has 2 heterocycles. The predicted octanol–water partition coefficient (Wildman–Crippen LogP) is 1.08. The lowest BCUT2D eigenvalue weighted by molar-refractivity contribution is -0.139. The SMILES string of the molecule is O=C(Cn1nnc(-c2cccs2)n1)NCC(F)(F)F. The van der Waals surface area contributed by atoms with Crippen molar-refractivity contribution in [3.8, 4) is 10.7 Å². The summed E-state index contributed by atoms with van der Waals surface area (Å²) in [5, 5.41) is 14.8. The van der Waals surface area contributed by atoms with Gasteiger partial charge in [0.15, 0.2) is 0 Å². The normalized spacial score (nSPS) is 11.5. The molecule has 0 atom stereocenters. The molecule has 0 saturated heterocycles. The van der Waals surface area contributed by atoms with Crippen LogP contribution in [-0.4, -0.2) is 38.8 Å². The lowest BCUT2D eigenvalue weighted by Crippen LogP contribution is -2.36. The molecule has 0 aliphatic carbocycles. The molecule has 2 aromatic rings. The Morgan fingerprint density at radius 3 is 2.89 bits per heavy atom. The van der Waals surface area contributed by atoms with E-state index in [2.05, 4.69) is 15.4 Å². The van der Waals surface area contributed by atoms with E-state index in [1.54, 1.807) is 17.4 Å². The van der Waals surface area contributed by atoms with Crippen LogP contribution in [0.2, 0.25) is 0 Å². The van der Waals surface area contributed by atoms with Crippen LogP contribution in [0, 0.1) is 0 Å². The summed E-state index contributed by atoms with van der Waals surface area (Å²) in [5.41, 5.74) is 0. The molecular formula is C9H8F3N5OS. The molecule has 0 aliphatic rings. The van der Waals surface area contributed by atoms with Crippen molar-refractivity contribution >= 4 is 17.2 Å². The van der Waals surface area contributed by atoms with Crippen LogP contribution < -0.4 is 5.32 Å². The molecule has 6 nitrogen and oxygen atoms in total. The highest BCUT2D eigenvalue weighted by molar-refractivity contribution is 7.13. The number of alkyl halides is 3. The van der Waals surface area contributed by atoms with E-state index in [0.29, 0.717) is 5.82 Å². The van der Waals surface area contributed by atoms with Gasteiger partial charge in [-0.15, -0.1) is 21.5 Å². The Morgan fingerprint density at radius 1 is 1.47 bits per heavy atom. The van der Waals surface area contributed by atoms with Crippen LogP contribution in [0.5, 0.6) is 0 Å². The van der Waals surface area contributed by atoms with E-state index < -0.39 is 25.2 Å². The van der Waals surface area contributed by atoms with E-state index >= 15 is 0 Å². The second-order valence-electron chi connectivity index (χ2n) is 3.51. The molecule has 0 bridgehead atoms. The fraction of sp³-hybridized carbons (Fsp3) is 0.333. The molecule has 0 aromatic carbocycles. The van der Waals surface area contributed by atoms with Gasteiger partial charge in [0.2, 0.25) is 11.7 Å². The van der Waals surface area contributed by atoms with E-state index in [9.17, 15) is 18.0 Å². The molecule has 2 rings (SSSR count). The maximum atomic E-state index is 11.9. The van der Waals surface area contributed by atoms with Gasteiger partial charge < -0.3 is 5.32 Å². The molecule has 102 valence electrons. The molecular weight excluding hydrogens is 283 g/mol. The molecule has 0 aliphatic heterocycles. The number of rotatable bonds is 4. The van der Waals surface area contributed by atoms with Gasteiger partial charge in [0.1, 0.15) is 13.1 Å². The van der Waals surface area contributed by atoms with Crippen molar-refractivity contribution in [3.63, 3.8) is 0 Å². The zero-order chi connectivity index (χ0) is 13.9. The third kappa shape index (κ3) is 4.02. The molecule has 19 heavy (non-hydrogen) atoms. The summed E-state index contributed by atoms with van der Waals surface area (Å²) in [4.78, 5) is 12.9. The minimum Gasteiger partial charge on any atom is -0.345 e. The smallest absolute Gasteiger partial charge is 0.345 e. The number of nitrogens with one attached hydrogen (secondary N) is 1. The summed E-state index contributed by atoms with van der Waals surface area (Å²) in [6.07, 6.45) is -4.44. The van der Waals surface area contributed by atoms with Gasteiger partial charge in [-0.2, -0.15) is 18.0 Å². The zero-order valence-electron chi connectivity index (χ0n) is 9.39. The number of aromatic nitrogens is 4. The van der Waals surface area contributed by atoms with Crippen molar-refractivity contribution in [2.45, 2.75) is 12.7 Å². The summed E-state index contributed by atoms with van der Waals surface area (Å²) >= 11 is 1.39. The van der Waals surface area contributed by atoms with Crippen LogP contribution in [0.3, 0.4) is 0 Å². The highest BCUT2D eigenvalue weighted by Gasteiger charge is 2.27. The standard InChI is InChI=1S/C9H8F3N5OS/c10-9(11,12)5-13-7(18)4-17-15-8(14-16-17)6-2-1-3-19-6/h1-3H,4-5H2,(H,13,18). The minimum absolute atomic E-state index is 0.332. The van der Waals surface area contributed by atoms with E-state index in [0.717, 1.165) is 9.67 Å². The van der Waals surface area contributed by atoms with Crippen LogP contribution in [-0.2, 0) is 11.3 Å². The van der Waals surface area contributed by atoms with Crippen LogP contribution in [0.15, 0.2) is 17.5 Å². The predicted molar refractivity (Wildman–Crippen MR) is 60.2 cm³/mol. The topological polar surface area (TPSA) is 72.7 Å². The quantitative estimate of drug-likeness (QED) is 0.915. The first kappa shape index (κ1) is 13.5. The third-order valence-corrected chi connectivity index (χ3v) is 2.83. The molecule has 0 unspecified atom stereocenters. The number of amides is 1. The number of hydrogen-bond donors (Lipinski definition) is 1. The molecule has 1 amide bonds. The summed E-state index contributed by atoms with van der Waals surface area (Å²) in [6.45, 7) is -1.78. The summed E-state index contributed by atoms with van der Waals surface area (Å²) in [5.74, 6) is -0.494. The number of thiophene rings is 1. The summed E-state index contributed by atoms with van der Waals surface area (Å²) < 4.78 is 35.6. The number of tetrazole rings is 1. The van der Waals surface area contributed by atoms with E-state index in [4.69, 9.17) is 0 Å². The first-order valence-electron chi connectivity index (χ1n) is 5.09. The van der Waals surface area contributed by atoms with Crippen molar-refractivity contribution < 1.29 is 18.0 Å². The van der Waals surface area contributed by atoms with Gasteiger partial charge in [0, 0.05) is 0 Å². The molecule has 10 heteroatoms. The molecule has 1 N–H and O–H groups in total. The second-order valence-corrected chi connectivity index (χ2v) is 4.46. The van der Waals surface area contributed by atoms with E-state index in [-0.39, 0.29) is 0 Å². The van der Waals surface area contributed by atoms with Crippen molar-refractivity contribution in [2.24, 2.45) is 0 Å². The van der Waals surface area contributed by atoms with Gasteiger partial charge >= 0.3 is 6.18 Å². The van der Waals surface area contributed by atoms with Crippen molar-refractivity contribution in [1.82, 2.24) is 25.5 Å². The molecule has 0 spiro atoms. The van der Waals surface area contributed by atoms with Gasteiger partial charge in [-0.1, -0.05) is 6.07 Å². The van der Waals surface area contributed by atoms with Gasteiger partial charge in [-0.25, -0.2) is 0 Å². The maximum Gasteiger partial charge on any atom is 0.405 e. The first-order valence-corrected chi connectivity index (χ1v) is 5.97. The van der Waals surface area contributed by atoms with E-state index in [1.807, 2.05) is 5.38 Å². The molecule has 2 aromatic heterocycles. The maximum absolute atomic E-state index is 11.9. The molecule has 0 saturated carbocycles. The van der Waals surface area contributed by atoms with Crippen LogP contribution in [0.25, 0.3) is 10.7 Å². The van der Waals surface area contributed by atoms with Gasteiger partial charge in [0.05, 0.1) is 4.88 Å². The van der Waals surface area contributed by atoms with Gasteiger partial charge in [-0.05, 0) is 16.7 Å². The van der Waals surface area contributed by atoms with Gasteiger partial charge in [0.25, 0.3) is 0 Å². The Hall–Kier alpha value is -1.97. The lowest BCUT2D eigenvalue weighted by atomic mass is 10.5. The number of halogens is 3. The van der Waals surface area contributed by atoms with Crippen LogP contribution in [0.1, 0.15) is 0 Å². The average Bonchev–Trinajstić information content (AvgIpc) is 2.94. The Labute approximate surface area is 109 Å². The highest BCUT2D eigenvalue weighted by Crippen LogP contribution is 2.19. The lowest BCUT2D eigenvalue weighted by Gasteiger charge is -2.07. The Morgan fingerprint density at radius 2 is 2.26 bits per heavy atom. The minimum atomic E-state index is -4.44. The number of carbonyl (C=O) groups is 1. The Kier molecular flexibility index (Phi) is 3.79. The fourth-order valence-corrected chi connectivity index (χ4v) is 1.85.